The fraction of sp³-hybridized carbons (Fsp3) is 0.286. The number of benzene rings is 1. The summed E-state index contributed by atoms with van der Waals surface area (Å²) in [5.74, 6) is -2.66. The van der Waals surface area contributed by atoms with Crippen LogP contribution in [0.3, 0.4) is 0 Å². The lowest BCUT2D eigenvalue weighted by atomic mass is 10.1. The fourth-order valence-electron chi connectivity index (χ4n) is 2.21. The molecule has 1 saturated carbocycles. The Morgan fingerprint density at radius 3 is 2.81 bits per heavy atom. The molecule has 0 spiro atoms. The molecule has 1 aromatic carbocycles. The second kappa shape index (κ2) is 5.16. The van der Waals surface area contributed by atoms with Gasteiger partial charge in [0, 0.05) is 18.3 Å². The molecule has 1 aromatic heterocycles. The first-order valence-electron chi connectivity index (χ1n) is 6.59. The van der Waals surface area contributed by atoms with Crippen molar-refractivity contribution in [2.75, 3.05) is 5.32 Å². The highest BCUT2D eigenvalue weighted by molar-refractivity contribution is 5.94. The van der Waals surface area contributed by atoms with E-state index in [9.17, 15) is 13.6 Å². The number of imidazole rings is 1. The van der Waals surface area contributed by atoms with E-state index in [2.05, 4.69) is 10.3 Å². The number of nitrogens with zero attached hydrogens (tertiary/aromatic N) is 2. The largest absolute Gasteiger partial charge is 0.377 e. The van der Waals surface area contributed by atoms with Gasteiger partial charge < -0.3 is 15.6 Å². The van der Waals surface area contributed by atoms with E-state index in [1.807, 2.05) is 4.57 Å². The lowest BCUT2D eigenvalue weighted by Gasteiger charge is -2.11. The Kier molecular flexibility index (Phi) is 3.32. The minimum atomic E-state index is -0.964. The van der Waals surface area contributed by atoms with Crippen molar-refractivity contribution in [1.29, 1.82) is 0 Å². The average Bonchev–Trinajstić information content (AvgIpc) is 3.16. The van der Waals surface area contributed by atoms with E-state index in [-0.39, 0.29) is 11.3 Å². The molecule has 2 aromatic rings. The van der Waals surface area contributed by atoms with Crippen molar-refractivity contribution in [2.45, 2.75) is 25.4 Å². The summed E-state index contributed by atoms with van der Waals surface area (Å²) in [5.41, 5.74) is 5.66. The number of carbonyl (C=O) groups is 1. The summed E-state index contributed by atoms with van der Waals surface area (Å²) in [6.45, 7) is 0.331. The van der Waals surface area contributed by atoms with E-state index in [1.54, 1.807) is 12.5 Å². The number of aromatic nitrogens is 2. The summed E-state index contributed by atoms with van der Waals surface area (Å²) in [7, 11) is 0. The van der Waals surface area contributed by atoms with Crippen LogP contribution in [0.15, 0.2) is 24.7 Å². The predicted molar refractivity (Wildman–Crippen MR) is 72.7 cm³/mol. The first-order valence-corrected chi connectivity index (χ1v) is 6.59. The zero-order chi connectivity index (χ0) is 15.0. The number of hydrogen-bond donors (Lipinski definition) is 2. The number of rotatable bonds is 5. The molecule has 1 aliphatic rings. The number of hydrogen-bond acceptors (Lipinski definition) is 3. The Morgan fingerprint density at radius 1 is 1.38 bits per heavy atom. The Labute approximate surface area is 119 Å². The number of amides is 1. The summed E-state index contributed by atoms with van der Waals surface area (Å²) in [4.78, 5) is 15.2. The first kappa shape index (κ1) is 13.5. The Bertz CT molecular complexity index is 694. The third kappa shape index (κ3) is 2.72. The van der Waals surface area contributed by atoms with E-state index in [1.165, 1.54) is 0 Å². The molecular weight excluding hydrogens is 278 g/mol. The van der Waals surface area contributed by atoms with Crippen molar-refractivity contribution in [3.8, 4) is 0 Å². The highest BCUT2D eigenvalue weighted by Gasteiger charge is 2.25. The lowest BCUT2D eigenvalue weighted by Crippen LogP contribution is -2.15. The summed E-state index contributed by atoms with van der Waals surface area (Å²) in [6, 6.07) is 2.20. The predicted octanol–water partition coefficient (Wildman–Crippen LogP) is 2.21. The quantitative estimate of drug-likeness (QED) is 0.887. The van der Waals surface area contributed by atoms with Gasteiger partial charge in [-0.05, 0) is 18.9 Å². The molecule has 1 heterocycles. The zero-order valence-electron chi connectivity index (χ0n) is 11.1. The van der Waals surface area contributed by atoms with Crippen LogP contribution in [-0.4, -0.2) is 15.5 Å². The molecule has 110 valence electrons. The maximum atomic E-state index is 13.7. The minimum absolute atomic E-state index is 0.0359. The highest BCUT2D eigenvalue weighted by atomic mass is 19.1. The van der Waals surface area contributed by atoms with Crippen LogP contribution in [0.5, 0.6) is 0 Å². The van der Waals surface area contributed by atoms with Gasteiger partial charge in [-0.2, -0.15) is 0 Å². The van der Waals surface area contributed by atoms with E-state index in [4.69, 9.17) is 5.73 Å². The van der Waals surface area contributed by atoms with Gasteiger partial charge in [-0.25, -0.2) is 13.8 Å². The molecule has 5 nitrogen and oxygen atoms in total. The topological polar surface area (TPSA) is 72.9 Å². The van der Waals surface area contributed by atoms with Crippen LogP contribution in [0, 0.1) is 11.6 Å². The zero-order valence-corrected chi connectivity index (χ0v) is 11.1. The Balaban J connectivity index is 1.79. The fourth-order valence-corrected chi connectivity index (χ4v) is 2.21. The third-order valence-electron chi connectivity index (χ3n) is 3.47. The van der Waals surface area contributed by atoms with Crippen LogP contribution < -0.4 is 11.1 Å². The first-order chi connectivity index (χ1) is 10.1. The van der Waals surface area contributed by atoms with Gasteiger partial charge in [0.25, 0.3) is 5.91 Å². The highest BCUT2D eigenvalue weighted by Crippen LogP contribution is 2.35. The van der Waals surface area contributed by atoms with Crippen LogP contribution >= 0.6 is 0 Å². The Hall–Kier alpha value is -2.44. The minimum Gasteiger partial charge on any atom is -0.377 e. The maximum absolute atomic E-state index is 13.7. The molecule has 21 heavy (non-hydrogen) atoms. The van der Waals surface area contributed by atoms with E-state index in [0.717, 1.165) is 24.6 Å². The normalized spacial score (nSPS) is 14.2. The smallest absolute Gasteiger partial charge is 0.251 e. The molecule has 1 fully saturated rings. The van der Waals surface area contributed by atoms with Crippen LogP contribution in [0.25, 0.3) is 0 Å². The molecule has 3 rings (SSSR count). The van der Waals surface area contributed by atoms with Crippen LogP contribution in [0.1, 0.15) is 34.9 Å². The van der Waals surface area contributed by atoms with Gasteiger partial charge in [0.1, 0.15) is 11.6 Å². The average molecular weight is 292 g/mol. The van der Waals surface area contributed by atoms with E-state index >= 15 is 0 Å². The van der Waals surface area contributed by atoms with Gasteiger partial charge in [-0.15, -0.1) is 0 Å². The number of anilines is 1. The summed E-state index contributed by atoms with van der Waals surface area (Å²) < 4.78 is 29.1. The van der Waals surface area contributed by atoms with Crippen LogP contribution in [-0.2, 0) is 6.54 Å². The van der Waals surface area contributed by atoms with Gasteiger partial charge in [-0.1, -0.05) is 0 Å². The lowest BCUT2D eigenvalue weighted by molar-refractivity contribution is 0.0996. The molecule has 0 atom stereocenters. The van der Waals surface area contributed by atoms with Crippen molar-refractivity contribution in [3.63, 3.8) is 0 Å². The van der Waals surface area contributed by atoms with Crippen molar-refractivity contribution in [2.24, 2.45) is 5.73 Å². The molecule has 1 amide bonds. The van der Waals surface area contributed by atoms with Gasteiger partial charge in [0.15, 0.2) is 0 Å². The van der Waals surface area contributed by atoms with Crippen LogP contribution in [0.2, 0.25) is 0 Å². The number of halogens is 2. The molecule has 1 aliphatic carbocycles. The monoisotopic (exact) mass is 292 g/mol. The van der Waals surface area contributed by atoms with Gasteiger partial charge in [0.2, 0.25) is 0 Å². The van der Waals surface area contributed by atoms with Crippen molar-refractivity contribution in [1.82, 2.24) is 9.55 Å². The molecule has 0 radical (unpaired) electrons. The summed E-state index contributed by atoms with van der Waals surface area (Å²) in [5, 5.41) is 2.85. The maximum Gasteiger partial charge on any atom is 0.251 e. The molecular formula is C14H14F2N4O. The standard InChI is InChI=1S/C14H14F2N4O/c15-11-4-12(16)13(3-10(11)14(17)21)19-6-9-5-18-7-20(9)8-1-2-8/h3-5,7-8,19H,1-2,6H2,(H2,17,21). The van der Waals surface area contributed by atoms with Crippen molar-refractivity contribution < 1.29 is 13.6 Å². The third-order valence-corrected chi connectivity index (χ3v) is 3.47. The SMILES string of the molecule is NC(=O)c1cc(NCc2cncn2C2CC2)c(F)cc1F. The second-order valence-electron chi connectivity index (χ2n) is 5.05. The van der Waals surface area contributed by atoms with Crippen molar-refractivity contribution >= 4 is 11.6 Å². The number of carbonyl (C=O) groups excluding carboxylic acids is 1. The van der Waals surface area contributed by atoms with Gasteiger partial charge >= 0.3 is 0 Å². The molecule has 0 unspecified atom stereocenters. The molecule has 0 aliphatic heterocycles. The second-order valence-corrected chi connectivity index (χ2v) is 5.05. The van der Waals surface area contributed by atoms with Gasteiger partial charge in [0.05, 0.1) is 29.8 Å². The Morgan fingerprint density at radius 2 is 2.14 bits per heavy atom. The van der Waals surface area contributed by atoms with Crippen molar-refractivity contribution in [3.05, 3.63) is 47.5 Å². The van der Waals surface area contributed by atoms with Crippen LogP contribution in [0.4, 0.5) is 14.5 Å². The van der Waals surface area contributed by atoms with Gasteiger partial charge in [-0.3, -0.25) is 4.79 Å². The van der Waals surface area contributed by atoms with E-state index in [0.29, 0.717) is 18.7 Å². The van der Waals surface area contributed by atoms with E-state index < -0.39 is 17.5 Å². The molecule has 7 heteroatoms. The molecule has 0 bridgehead atoms. The number of nitrogens with one attached hydrogen (secondary N) is 1. The summed E-state index contributed by atoms with van der Waals surface area (Å²) in [6.07, 6.45) is 5.66. The number of nitrogens with two attached hydrogens (primary N) is 1. The molecule has 0 saturated heterocycles. The number of primary amides is 1. The molecule has 3 N–H and O–H groups in total. The summed E-state index contributed by atoms with van der Waals surface area (Å²) >= 11 is 0.